The molecule has 0 atom stereocenters. The zero-order chi connectivity index (χ0) is 21.6. The Morgan fingerprint density at radius 2 is 1.87 bits per heavy atom. The molecule has 158 valence electrons. The summed E-state index contributed by atoms with van der Waals surface area (Å²) in [5.41, 5.74) is 1.55. The molecule has 4 nitrogen and oxygen atoms in total. The maximum atomic E-state index is 13.6. The molecule has 4 rings (SSSR count). The molecule has 0 saturated heterocycles. The number of thiazole rings is 1. The highest BCUT2D eigenvalue weighted by Crippen LogP contribution is 2.31. The molecule has 0 aliphatic rings. The number of hydrogen-bond acceptors (Lipinski definition) is 5. The number of benzene rings is 2. The summed E-state index contributed by atoms with van der Waals surface area (Å²) in [6.45, 7) is 0.347. The van der Waals surface area contributed by atoms with Crippen molar-refractivity contribution < 1.29 is 13.6 Å². The lowest BCUT2D eigenvalue weighted by atomic mass is 10.2. The third-order valence-electron chi connectivity index (χ3n) is 4.55. The number of carbonyl (C=O) groups excluding carboxylic acids is 1. The number of carbonyl (C=O) groups is 1. The van der Waals surface area contributed by atoms with Crippen LogP contribution < -0.4 is 4.90 Å². The van der Waals surface area contributed by atoms with E-state index in [1.54, 1.807) is 47.3 Å². The Morgan fingerprint density at radius 1 is 1.06 bits per heavy atom. The topological polar surface area (TPSA) is 46.1 Å². The minimum Gasteiger partial charge on any atom is -0.284 e. The van der Waals surface area contributed by atoms with Crippen molar-refractivity contribution >= 4 is 44.4 Å². The van der Waals surface area contributed by atoms with Crippen LogP contribution in [0.15, 0.2) is 71.9 Å². The number of amides is 1. The molecule has 1 amide bonds. The van der Waals surface area contributed by atoms with Crippen LogP contribution >= 0.6 is 23.1 Å². The van der Waals surface area contributed by atoms with Crippen LogP contribution in [0.2, 0.25) is 0 Å². The fourth-order valence-electron chi connectivity index (χ4n) is 3.02. The van der Waals surface area contributed by atoms with Gasteiger partial charge in [-0.3, -0.25) is 14.7 Å². The third kappa shape index (κ3) is 5.65. The van der Waals surface area contributed by atoms with Crippen molar-refractivity contribution in [1.82, 2.24) is 9.97 Å². The molecule has 0 aliphatic heterocycles. The number of thioether (sulfide) groups is 1. The monoisotopic (exact) mass is 455 g/mol. The number of anilines is 1. The lowest BCUT2D eigenvalue weighted by molar-refractivity contribution is -0.118. The predicted octanol–water partition coefficient (Wildman–Crippen LogP) is 6.08. The second kappa shape index (κ2) is 9.98. The molecule has 0 bridgehead atoms. The number of rotatable bonds is 8. The van der Waals surface area contributed by atoms with E-state index < -0.39 is 0 Å². The minimum absolute atomic E-state index is 0.0527. The maximum Gasteiger partial charge on any atom is 0.229 e. The lowest BCUT2D eigenvalue weighted by Crippen LogP contribution is -2.30. The smallest absolute Gasteiger partial charge is 0.229 e. The summed E-state index contributed by atoms with van der Waals surface area (Å²) < 4.78 is 27.3. The largest absolute Gasteiger partial charge is 0.284 e. The minimum atomic E-state index is -0.328. The summed E-state index contributed by atoms with van der Waals surface area (Å²) in [5.74, 6) is 0.0958. The average Bonchev–Trinajstić information content (AvgIpc) is 3.19. The Labute approximate surface area is 187 Å². The second-order valence-electron chi connectivity index (χ2n) is 6.86. The van der Waals surface area contributed by atoms with Crippen molar-refractivity contribution in [3.8, 4) is 0 Å². The zero-order valence-electron chi connectivity index (χ0n) is 16.5. The van der Waals surface area contributed by atoms with Gasteiger partial charge in [0.25, 0.3) is 0 Å². The number of hydrogen-bond donors (Lipinski definition) is 0. The molecule has 0 fully saturated rings. The van der Waals surface area contributed by atoms with Crippen molar-refractivity contribution in [2.45, 2.75) is 24.3 Å². The first-order chi connectivity index (χ1) is 15.1. The maximum absolute atomic E-state index is 13.6. The number of nitrogens with zero attached hydrogens (tertiary/aromatic N) is 3. The van der Waals surface area contributed by atoms with Gasteiger partial charge < -0.3 is 0 Å². The van der Waals surface area contributed by atoms with E-state index in [1.165, 1.54) is 35.6 Å². The Hall–Kier alpha value is -2.84. The SMILES string of the molecule is O=C(CCCSc1ccc(F)cc1)N(Cc1cccnc1)c1nc2ccc(F)cc2s1. The first-order valence-electron chi connectivity index (χ1n) is 9.72. The van der Waals surface area contributed by atoms with E-state index in [9.17, 15) is 13.6 Å². The van der Waals surface area contributed by atoms with Gasteiger partial charge in [-0.05, 0) is 66.3 Å². The number of aromatic nitrogens is 2. The van der Waals surface area contributed by atoms with E-state index in [2.05, 4.69) is 9.97 Å². The van der Waals surface area contributed by atoms with E-state index >= 15 is 0 Å². The molecule has 2 heterocycles. The summed E-state index contributed by atoms with van der Waals surface area (Å²) in [7, 11) is 0. The number of pyridine rings is 1. The molecule has 0 saturated carbocycles. The fraction of sp³-hybridized carbons (Fsp3) is 0.174. The summed E-state index contributed by atoms with van der Waals surface area (Å²) in [6.07, 6.45) is 4.42. The predicted molar refractivity (Wildman–Crippen MR) is 121 cm³/mol. The molecule has 4 aromatic rings. The fourth-order valence-corrected chi connectivity index (χ4v) is 4.88. The van der Waals surface area contributed by atoms with E-state index in [-0.39, 0.29) is 17.5 Å². The molecule has 31 heavy (non-hydrogen) atoms. The molecule has 0 spiro atoms. The van der Waals surface area contributed by atoms with Crippen LogP contribution in [-0.4, -0.2) is 21.6 Å². The Kier molecular flexibility index (Phi) is 6.89. The van der Waals surface area contributed by atoms with Gasteiger partial charge in [-0.15, -0.1) is 11.8 Å². The van der Waals surface area contributed by atoms with Gasteiger partial charge in [0, 0.05) is 23.7 Å². The van der Waals surface area contributed by atoms with E-state index in [0.29, 0.717) is 34.7 Å². The van der Waals surface area contributed by atoms with Gasteiger partial charge in [0.2, 0.25) is 5.91 Å². The van der Waals surface area contributed by atoms with Gasteiger partial charge in [-0.2, -0.15) is 0 Å². The molecular formula is C23H19F2N3OS2. The molecule has 0 N–H and O–H groups in total. The molecule has 8 heteroatoms. The van der Waals surface area contributed by atoms with Gasteiger partial charge in [-0.1, -0.05) is 17.4 Å². The molecule has 2 aromatic carbocycles. The summed E-state index contributed by atoms with van der Waals surface area (Å²) in [6, 6.07) is 14.5. The van der Waals surface area contributed by atoms with E-state index in [1.807, 2.05) is 12.1 Å². The summed E-state index contributed by atoms with van der Waals surface area (Å²) in [5, 5.41) is 0.542. The van der Waals surface area contributed by atoms with Crippen LogP contribution in [-0.2, 0) is 11.3 Å². The van der Waals surface area contributed by atoms with Crippen LogP contribution in [0, 0.1) is 11.6 Å². The lowest BCUT2D eigenvalue weighted by Gasteiger charge is -2.20. The van der Waals surface area contributed by atoms with Gasteiger partial charge in [0.05, 0.1) is 16.8 Å². The highest BCUT2D eigenvalue weighted by atomic mass is 32.2. The van der Waals surface area contributed by atoms with Crippen molar-refractivity contribution in [3.63, 3.8) is 0 Å². The molecule has 0 unspecified atom stereocenters. The molecular weight excluding hydrogens is 436 g/mol. The van der Waals surface area contributed by atoms with Gasteiger partial charge in [0.15, 0.2) is 5.13 Å². The van der Waals surface area contributed by atoms with E-state index in [4.69, 9.17) is 0 Å². The molecule has 0 aliphatic carbocycles. The van der Waals surface area contributed by atoms with Crippen molar-refractivity contribution in [3.05, 3.63) is 84.2 Å². The van der Waals surface area contributed by atoms with Crippen LogP contribution in [0.3, 0.4) is 0 Å². The van der Waals surface area contributed by atoms with E-state index in [0.717, 1.165) is 16.2 Å². The highest BCUT2D eigenvalue weighted by Gasteiger charge is 2.20. The first kappa shape index (κ1) is 21.4. The average molecular weight is 456 g/mol. The molecule has 0 radical (unpaired) electrons. The van der Waals surface area contributed by atoms with Gasteiger partial charge in [-0.25, -0.2) is 13.8 Å². The first-order valence-corrected chi connectivity index (χ1v) is 11.5. The van der Waals surface area contributed by atoms with Crippen LogP contribution in [0.4, 0.5) is 13.9 Å². The van der Waals surface area contributed by atoms with Crippen molar-refractivity contribution in [2.24, 2.45) is 0 Å². The summed E-state index contributed by atoms with van der Waals surface area (Å²) >= 11 is 2.88. The zero-order valence-corrected chi connectivity index (χ0v) is 18.1. The quantitative estimate of drug-likeness (QED) is 0.239. The Morgan fingerprint density at radius 3 is 2.65 bits per heavy atom. The van der Waals surface area contributed by atoms with Crippen molar-refractivity contribution in [2.75, 3.05) is 10.7 Å². The van der Waals surface area contributed by atoms with Crippen LogP contribution in [0.1, 0.15) is 18.4 Å². The number of fused-ring (bicyclic) bond motifs is 1. The van der Waals surface area contributed by atoms with Gasteiger partial charge >= 0.3 is 0 Å². The highest BCUT2D eigenvalue weighted by molar-refractivity contribution is 7.99. The standard InChI is InChI=1S/C23H19F2N3OS2/c24-17-5-8-19(9-6-17)30-12-2-4-22(29)28(15-16-3-1-11-26-14-16)23-27-20-10-7-18(25)13-21(20)31-23/h1,3,5-11,13-14H,2,4,12,15H2. The summed E-state index contributed by atoms with van der Waals surface area (Å²) in [4.78, 5) is 24.4. The van der Waals surface area contributed by atoms with Crippen LogP contribution in [0.25, 0.3) is 10.2 Å². The normalized spacial score (nSPS) is 11.0. The van der Waals surface area contributed by atoms with Gasteiger partial charge in [0.1, 0.15) is 11.6 Å². The molecule has 2 aromatic heterocycles. The Balaban J connectivity index is 1.46. The second-order valence-corrected chi connectivity index (χ2v) is 9.03. The number of halogens is 2. The third-order valence-corrected chi connectivity index (χ3v) is 6.69. The van der Waals surface area contributed by atoms with Crippen LogP contribution in [0.5, 0.6) is 0 Å². The Bertz CT molecular complexity index is 1170. The van der Waals surface area contributed by atoms with Crippen molar-refractivity contribution in [1.29, 1.82) is 0 Å².